The Morgan fingerprint density at radius 3 is 2.31 bits per heavy atom. The van der Waals surface area contributed by atoms with Gasteiger partial charge >= 0.3 is 5.97 Å². The number of ketones is 1. The lowest BCUT2D eigenvalue weighted by atomic mass is 9.71. The molecule has 7 heteroatoms. The van der Waals surface area contributed by atoms with Crippen LogP contribution in [0.4, 0.5) is 0 Å². The van der Waals surface area contributed by atoms with Crippen LogP contribution in [-0.2, 0) is 25.5 Å². The monoisotopic (exact) mass is 556 g/mol. The lowest BCUT2D eigenvalue weighted by Crippen LogP contribution is -2.50. The van der Waals surface area contributed by atoms with Gasteiger partial charge in [-0.3, -0.25) is 9.59 Å². The fourth-order valence-electron chi connectivity index (χ4n) is 5.14. The van der Waals surface area contributed by atoms with E-state index >= 15 is 0 Å². The van der Waals surface area contributed by atoms with E-state index in [1.807, 2.05) is 42.5 Å². The highest BCUT2D eigenvalue weighted by molar-refractivity contribution is 9.10. The smallest absolute Gasteiger partial charge is 0.317 e. The molecule has 5 rings (SSSR count). The van der Waals surface area contributed by atoms with Gasteiger partial charge in [0, 0.05) is 14.5 Å². The fourth-order valence-corrected chi connectivity index (χ4v) is 5.75. The van der Waals surface area contributed by atoms with Gasteiger partial charge in [0.25, 0.3) is 0 Å². The number of esters is 1. The number of hydrogen-bond donors (Lipinski definition) is 1. The van der Waals surface area contributed by atoms with Crippen LogP contribution in [0.25, 0.3) is 0 Å². The molecular formula is C25H18Br2O5. The number of carbonyl (C=O) groups is 2. The van der Waals surface area contributed by atoms with E-state index in [-0.39, 0.29) is 0 Å². The Bertz CT molecular complexity index is 1230. The van der Waals surface area contributed by atoms with Crippen molar-refractivity contribution in [2.45, 2.75) is 17.1 Å². The predicted octanol–water partition coefficient (Wildman–Crippen LogP) is 4.84. The molecule has 0 unspecified atom stereocenters. The topological polar surface area (TPSA) is 72.8 Å². The Hall–Kier alpha value is -2.48. The second-order valence-electron chi connectivity index (χ2n) is 7.95. The van der Waals surface area contributed by atoms with Gasteiger partial charge in [0.2, 0.25) is 0 Å². The van der Waals surface area contributed by atoms with E-state index in [1.54, 1.807) is 30.3 Å². The summed E-state index contributed by atoms with van der Waals surface area (Å²) in [6.45, 7) is 0. The van der Waals surface area contributed by atoms with Crippen molar-refractivity contribution in [1.82, 2.24) is 0 Å². The minimum absolute atomic E-state index is 0.334. The second-order valence-corrected chi connectivity index (χ2v) is 9.78. The summed E-state index contributed by atoms with van der Waals surface area (Å²) >= 11 is 6.88. The lowest BCUT2D eigenvalue weighted by molar-refractivity contribution is -0.155. The van der Waals surface area contributed by atoms with Crippen molar-refractivity contribution in [3.8, 4) is 5.75 Å². The number of hydrogen-bond acceptors (Lipinski definition) is 5. The molecule has 1 saturated carbocycles. The largest absolute Gasteiger partial charge is 0.477 e. The van der Waals surface area contributed by atoms with Gasteiger partial charge in [0.15, 0.2) is 17.0 Å². The van der Waals surface area contributed by atoms with Crippen LogP contribution >= 0.6 is 31.9 Å². The minimum atomic E-state index is -2.09. The molecule has 32 heavy (non-hydrogen) atoms. The molecule has 1 aliphatic heterocycles. The van der Waals surface area contributed by atoms with Crippen LogP contribution in [0.3, 0.4) is 0 Å². The van der Waals surface area contributed by atoms with Crippen LogP contribution < -0.4 is 4.74 Å². The lowest BCUT2D eigenvalue weighted by Gasteiger charge is -2.39. The maximum Gasteiger partial charge on any atom is 0.317 e. The van der Waals surface area contributed by atoms with E-state index < -0.39 is 34.8 Å². The highest BCUT2D eigenvalue weighted by Gasteiger charge is 2.78. The second kappa shape index (κ2) is 7.54. The summed E-state index contributed by atoms with van der Waals surface area (Å²) in [5, 5.41) is 12.3. The molecule has 0 saturated heterocycles. The Kier molecular flexibility index (Phi) is 5.04. The van der Waals surface area contributed by atoms with Crippen molar-refractivity contribution in [2.75, 3.05) is 7.11 Å². The Morgan fingerprint density at radius 2 is 1.66 bits per heavy atom. The van der Waals surface area contributed by atoms with E-state index in [0.29, 0.717) is 22.4 Å². The number of carbonyl (C=O) groups excluding carboxylic acids is 2. The quantitative estimate of drug-likeness (QED) is 0.368. The Labute approximate surface area is 201 Å². The number of fused-ring (bicyclic) bond motifs is 3. The van der Waals surface area contributed by atoms with Gasteiger partial charge in [-0.25, -0.2) is 0 Å². The number of aliphatic hydroxyl groups is 1. The third-order valence-corrected chi connectivity index (χ3v) is 7.46. The van der Waals surface area contributed by atoms with Crippen LogP contribution in [0.2, 0.25) is 0 Å². The van der Waals surface area contributed by atoms with E-state index in [2.05, 4.69) is 31.9 Å². The molecule has 3 aromatic carbocycles. The summed E-state index contributed by atoms with van der Waals surface area (Å²) in [4.78, 5) is 26.9. The van der Waals surface area contributed by atoms with Crippen molar-refractivity contribution in [1.29, 1.82) is 0 Å². The van der Waals surface area contributed by atoms with Crippen LogP contribution in [-0.4, -0.2) is 24.0 Å². The van der Waals surface area contributed by atoms with Gasteiger partial charge in [-0.05, 0) is 35.4 Å². The third-order valence-electron chi connectivity index (χ3n) is 6.44. The molecular weight excluding hydrogens is 540 g/mol. The zero-order chi connectivity index (χ0) is 22.7. The molecule has 3 aromatic rings. The first-order valence-electron chi connectivity index (χ1n) is 9.99. The van der Waals surface area contributed by atoms with Crippen molar-refractivity contribution in [2.24, 2.45) is 5.92 Å². The normalized spacial score (nSPS) is 28.1. The number of Topliss-reactive ketones (excluding diaryl/α,β-unsaturated/α-hetero) is 1. The molecule has 0 amide bonds. The van der Waals surface area contributed by atoms with Gasteiger partial charge in [0.05, 0.1) is 13.0 Å². The maximum absolute atomic E-state index is 13.9. The molecule has 1 fully saturated rings. The molecule has 4 atom stereocenters. The molecule has 5 nitrogen and oxygen atoms in total. The first-order valence-corrected chi connectivity index (χ1v) is 11.6. The van der Waals surface area contributed by atoms with Crippen molar-refractivity contribution < 1.29 is 24.2 Å². The van der Waals surface area contributed by atoms with E-state index in [4.69, 9.17) is 9.47 Å². The zero-order valence-corrected chi connectivity index (χ0v) is 20.1. The number of ether oxygens (including phenoxy) is 2. The van der Waals surface area contributed by atoms with Crippen molar-refractivity contribution in [3.05, 3.63) is 98.4 Å². The highest BCUT2D eigenvalue weighted by Crippen LogP contribution is 2.67. The highest BCUT2D eigenvalue weighted by atomic mass is 79.9. The molecule has 2 aliphatic rings. The molecule has 0 aromatic heterocycles. The van der Waals surface area contributed by atoms with Crippen LogP contribution in [0.5, 0.6) is 5.75 Å². The van der Waals surface area contributed by atoms with Crippen molar-refractivity contribution >= 4 is 43.6 Å². The van der Waals surface area contributed by atoms with Crippen LogP contribution in [0.1, 0.15) is 22.6 Å². The number of rotatable bonds is 3. The van der Waals surface area contributed by atoms with Crippen LogP contribution in [0, 0.1) is 5.92 Å². The third kappa shape index (κ3) is 2.71. The predicted molar refractivity (Wildman–Crippen MR) is 124 cm³/mol. The molecule has 162 valence electrons. The van der Waals surface area contributed by atoms with Crippen molar-refractivity contribution in [3.63, 3.8) is 0 Å². The number of halogens is 2. The summed E-state index contributed by atoms with van der Waals surface area (Å²) in [5.41, 5.74) is -2.03. The SMILES string of the molecule is COC(=O)[C@H]1C(=O)[C@@]2(O)c3ccc(Br)cc3O[C@@]2(c2ccc(Br)cc2)[C@@H]1c1ccccc1. The summed E-state index contributed by atoms with van der Waals surface area (Å²) in [5.74, 6) is -3.01. The van der Waals surface area contributed by atoms with Gasteiger partial charge in [-0.15, -0.1) is 0 Å². The van der Waals surface area contributed by atoms with Gasteiger partial charge in [0.1, 0.15) is 11.7 Å². The van der Waals surface area contributed by atoms with Gasteiger partial charge in [-0.2, -0.15) is 0 Å². The summed E-state index contributed by atoms with van der Waals surface area (Å²) in [7, 11) is 1.24. The molecule has 0 bridgehead atoms. The first kappa shape index (κ1) is 21.4. The zero-order valence-electron chi connectivity index (χ0n) is 16.9. The molecule has 1 N–H and O–H groups in total. The number of benzene rings is 3. The Balaban J connectivity index is 1.88. The standard InChI is InChI=1S/C25H18Br2O5/c1-31-23(29)20-21(14-5-3-2-4-6-14)25(15-7-9-16(26)10-8-15)24(30,22(20)28)18-12-11-17(27)13-19(18)32-25/h2-13,20-21,30H,1H3/t20-,21-,24+,25+/m1/s1. The molecule has 0 spiro atoms. The fraction of sp³-hybridized carbons (Fsp3) is 0.200. The molecule has 1 aliphatic carbocycles. The summed E-state index contributed by atoms with van der Waals surface area (Å²) in [6, 6.07) is 21.6. The average Bonchev–Trinajstić information content (AvgIpc) is 3.17. The Morgan fingerprint density at radius 1 is 1.00 bits per heavy atom. The number of methoxy groups -OCH3 is 1. The van der Waals surface area contributed by atoms with E-state index in [0.717, 1.165) is 8.95 Å². The first-order chi connectivity index (χ1) is 15.3. The van der Waals surface area contributed by atoms with Crippen LogP contribution in [0.15, 0.2) is 81.7 Å². The average molecular weight is 558 g/mol. The van der Waals surface area contributed by atoms with E-state index in [1.165, 1.54) is 7.11 Å². The van der Waals surface area contributed by atoms with Gasteiger partial charge < -0.3 is 14.6 Å². The molecule has 0 radical (unpaired) electrons. The summed E-state index contributed by atoms with van der Waals surface area (Å²) < 4.78 is 13.2. The van der Waals surface area contributed by atoms with E-state index in [9.17, 15) is 14.7 Å². The maximum atomic E-state index is 13.9. The summed E-state index contributed by atoms with van der Waals surface area (Å²) in [6.07, 6.45) is 0. The minimum Gasteiger partial charge on any atom is -0.477 e. The van der Waals surface area contributed by atoms with Gasteiger partial charge in [-0.1, -0.05) is 80.4 Å². The molecule has 1 heterocycles.